The Morgan fingerprint density at radius 2 is 2.00 bits per heavy atom. The third-order valence-electron chi connectivity index (χ3n) is 2.95. The topological polar surface area (TPSA) is 69.4 Å². The van der Waals surface area contributed by atoms with Crippen LogP contribution in [0.25, 0.3) is 0 Å². The van der Waals surface area contributed by atoms with Gasteiger partial charge in [0.15, 0.2) is 11.5 Å². The van der Waals surface area contributed by atoms with E-state index in [0.717, 1.165) is 16.1 Å². The smallest absolute Gasteiger partial charge is 0.161 e. The number of aryl methyl sites for hydroxylation is 1. The molecule has 1 aromatic heterocycles. The fourth-order valence-electron chi connectivity index (χ4n) is 1.94. The first-order valence-electron chi connectivity index (χ1n) is 5.79. The summed E-state index contributed by atoms with van der Waals surface area (Å²) in [5, 5.41) is 0. The fraction of sp³-hybridized carbons (Fsp3) is 0.308. The van der Waals surface area contributed by atoms with E-state index in [-0.39, 0.29) is 6.04 Å². The first-order valence-corrected chi connectivity index (χ1v) is 6.67. The zero-order valence-electron chi connectivity index (χ0n) is 11.1. The lowest BCUT2D eigenvalue weighted by Crippen LogP contribution is -2.28. The van der Waals surface area contributed by atoms with Gasteiger partial charge in [0.2, 0.25) is 0 Å². The van der Waals surface area contributed by atoms with Crippen LogP contribution in [0, 0.1) is 6.92 Å². The first kappa shape index (κ1) is 13.8. The lowest BCUT2D eigenvalue weighted by atomic mass is 10.0. The second kappa shape index (κ2) is 6.01. The van der Waals surface area contributed by atoms with Crippen molar-refractivity contribution in [3.63, 3.8) is 0 Å². The van der Waals surface area contributed by atoms with E-state index in [4.69, 9.17) is 15.3 Å². The zero-order valence-corrected chi connectivity index (χ0v) is 12.0. The highest BCUT2D eigenvalue weighted by Gasteiger charge is 2.18. The number of ether oxygens (including phenoxy) is 2. The van der Waals surface area contributed by atoms with Crippen molar-refractivity contribution in [1.29, 1.82) is 0 Å². The number of nitrogens with zero attached hydrogens (tertiary/aromatic N) is 1. The van der Waals surface area contributed by atoms with Gasteiger partial charge in [-0.2, -0.15) is 0 Å². The summed E-state index contributed by atoms with van der Waals surface area (Å²) >= 11 is 1.57. The summed E-state index contributed by atoms with van der Waals surface area (Å²) in [6.07, 6.45) is 0. The largest absolute Gasteiger partial charge is 0.493 e. The van der Waals surface area contributed by atoms with Gasteiger partial charge < -0.3 is 9.47 Å². The molecule has 1 unspecified atom stereocenters. The molecule has 102 valence electrons. The highest BCUT2D eigenvalue weighted by atomic mass is 32.1. The molecule has 2 aromatic rings. The van der Waals surface area contributed by atoms with Gasteiger partial charge in [0.05, 0.1) is 36.3 Å². The van der Waals surface area contributed by atoms with Crippen LogP contribution in [-0.4, -0.2) is 19.2 Å². The van der Waals surface area contributed by atoms with Gasteiger partial charge in [-0.05, 0) is 24.6 Å². The molecule has 0 aliphatic rings. The van der Waals surface area contributed by atoms with Crippen molar-refractivity contribution < 1.29 is 9.47 Å². The average Bonchev–Trinajstić information content (AvgIpc) is 2.86. The Bertz CT molecular complexity index is 557. The molecule has 0 aliphatic carbocycles. The number of hydrazine groups is 1. The predicted molar refractivity (Wildman–Crippen MR) is 75.6 cm³/mol. The zero-order chi connectivity index (χ0) is 13.8. The lowest BCUT2D eigenvalue weighted by molar-refractivity contribution is 0.354. The molecular formula is C13H17N3O2S. The SMILES string of the molecule is COc1ccc(C(NN)c2scnc2C)cc1OC. The molecule has 0 fully saturated rings. The van der Waals surface area contributed by atoms with Crippen molar-refractivity contribution in [1.82, 2.24) is 10.4 Å². The Balaban J connectivity index is 2.42. The van der Waals surface area contributed by atoms with E-state index >= 15 is 0 Å². The summed E-state index contributed by atoms with van der Waals surface area (Å²) in [5.74, 6) is 7.06. The molecule has 0 saturated heterocycles. The van der Waals surface area contributed by atoms with Crippen molar-refractivity contribution in [2.45, 2.75) is 13.0 Å². The quantitative estimate of drug-likeness (QED) is 0.647. The molecule has 0 amide bonds. The van der Waals surface area contributed by atoms with Crippen LogP contribution in [-0.2, 0) is 0 Å². The molecule has 0 aliphatic heterocycles. The summed E-state index contributed by atoms with van der Waals surface area (Å²) < 4.78 is 10.5. The Hall–Kier alpha value is -1.63. The number of nitrogens with two attached hydrogens (primary N) is 1. The van der Waals surface area contributed by atoms with Crippen LogP contribution >= 0.6 is 11.3 Å². The molecule has 6 heteroatoms. The standard InChI is InChI=1S/C13H17N3O2S/c1-8-13(19-7-15-8)12(16-14)9-4-5-10(17-2)11(6-9)18-3/h4-7,12,16H,14H2,1-3H3. The third kappa shape index (κ3) is 2.70. The van der Waals surface area contributed by atoms with Crippen molar-refractivity contribution in [2.24, 2.45) is 5.84 Å². The number of rotatable bonds is 5. The van der Waals surface area contributed by atoms with E-state index in [1.165, 1.54) is 0 Å². The van der Waals surface area contributed by atoms with Crippen LogP contribution in [0.4, 0.5) is 0 Å². The molecule has 0 saturated carbocycles. The molecular weight excluding hydrogens is 262 g/mol. The van der Waals surface area contributed by atoms with Crippen molar-refractivity contribution in [2.75, 3.05) is 14.2 Å². The van der Waals surface area contributed by atoms with Crippen LogP contribution in [0.2, 0.25) is 0 Å². The molecule has 0 spiro atoms. The number of aromatic nitrogens is 1. The van der Waals surface area contributed by atoms with Crippen molar-refractivity contribution >= 4 is 11.3 Å². The van der Waals surface area contributed by atoms with Crippen LogP contribution < -0.4 is 20.7 Å². The Kier molecular flexibility index (Phi) is 4.36. The van der Waals surface area contributed by atoms with Gasteiger partial charge in [0, 0.05) is 0 Å². The van der Waals surface area contributed by atoms with Crippen LogP contribution in [0.5, 0.6) is 11.5 Å². The van der Waals surface area contributed by atoms with Crippen molar-refractivity contribution in [3.8, 4) is 11.5 Å². The second-order valence-electron chi connectivity index (χ2n) is 4.02. The normalized spacial score (nSPS) is 12.2. The molecule has 5 nitrogen and oxygen atoms in total. The molecule has 1 aromatic carbocycles. The minimum atomic E-state index is -0.104. The van der Waals surface area contributed by atoms with E-state index in [1.807, 2.05) is 30.6 Å². The van der Waals surface area contributed by atoms with E-state index in [2.05, 4.69) is 10.4 Å². The Morgan fingerprint density at radius 3 is 2.53 bits per heavy atom. The number of nitrogens with one attached hydrogen (secondary N) is 1. The summed E-state index contributed by atoms with van der Waals surface area (Å²) in [6, 6.07) is 5.65. The second-order valence-corrected chi connectivity index (χ2v) is 4.90. The molecule has 2 rings (SSSR count). The van der Waals surface area contributed by atoms with Gasteiger partial charge in [0.1, 0.15) is 0 Å². The molecule has 3 N–H and O–H groups in total. The van der Waals surface area contributed by atoms with E-state index in [0.29, 0.717) is 11.5 Å². The van der Waals surface area contributed by atoms with Crippen LogP contribution in [0.3, 0.4) is 0 Å². The van der Waals surface area contributed by atoms with Gasteiger partial charge in [0.25, 0.3) is 0 Å². The maximum absolute atomic E-state index is 5.68. The number of hydrogen-bond acceptors (Lipinski definition) is 6. The molecule has 19 heavy (non-hydrogen) atoms. The maximum atomic E-state index is 5.68. The highest BCUT2D eigenvalue weighted by Crippen LogP contribution is 2.33. The Labute approximate surface area is 116 Å². The predicted octanol–water partition coefficient (Wildman–Crippen LogP) is 2.02. The first-order chi connectivity index (χ1) is 9.21. The van der Waals surface area contributed by atoms with Crippen LogP contribution in [0.15, 0.2) is 23.7 Å². The number of methoxy groups -OCH3 is 2. The lowest BCUT2D eigenvalue weighted by Gasteiger charge is -2.17. The number of benzene rings is 1. The fourth-order valence-corrected chi connectivity index (χ4v) is 2.83. The average molecular weight is 279 g/mol. The summed E-state index contributed by atoms with van der Waals surface area (Å²) in [6.45, 7) is 1.97. The molecule has 0 radical (unpaired) electrons. The van der Waals surface area contributed by atoms with Gasteiger partial charge in [-0.1, -0.05) is 6.07 Å². The van der Waals surface area contributed by atoms with E-state index < -0.39 is 0 Å². The van der Waals surface area contributed by atoms with Gasteiger partial charge in [-0.15, -0.1) is 11.3 Å². The maximum Gasteiger partial charge on any atom is 0.161 e. The van der Waals surface area contributed by atoms with Gasteiger partial charge in [-0.3, -0.25) is 5.84 Å². The highest BCUT2D eigenvalue weighted by molar-refractivity contribution is 7.09. The third-order valence-corrected chi connectivity index (χ3v) is 3.95. The van der Waals surface area contributed by atoms with Crippen LogP contribution in [0.1, 0.15) is 22.2 Å². The molecule has 0 bridgehead atoms. The van der Waals surface area contributed by atoms with Gasteiger partial charge >= 0.3 is 0 Å². The molecule has 1 heterocycles. The van der Waals surface area contributed by atoms with E-state index in [1.54, 1.807) is 25.6 Å². The van der Waals surface area contributed by atoms with E-state index in [9.17, 15) is 0 Å². The summed E-state index contributed by atoms with van der Waals surface area (Å²) in [7, 11) is 3.23. The van der Waals surface area contributed by atoms with Crippen molar-refractivity contribution in [3.05, 3.63) is 39.8 Å². The number of hydrogen-bond donors (Lipinski definition) is 2. The monoisotopic (exact) mass is 279 g/mol. The Morgan fingerprint density at radius 1 is 1.26 bits per heavy atom. The minimum Gasteiger partial charge on any atom is -0.493 e. The number of thiazole rings is 1. The summed E-state index contributed by atoms with van der Waals surface area (Å²) in [4.78, 5) is 5.35. The van der Waals surface area contributed by atoms with Gasteiger partial charge in [-0.25, -0.2) is 10.4 Å². The summed E-state index contributed by atoms with van der Waals surface area (Å²) in [5.41, 5.74) is 6.62. The minimum absolute atomic E-state index is 0.104. The molecule has 1 atom stereocenters.